The molecular weight excluding hydrogens is 647 g/mol. The fourth-order valence-corrected chi connectivity index (χ4v) is 2.96. The lowest BCUT2D eigenvalue weighted by atomic mass is 10.3. The Hall–Kier alpha value is -1.99. The summed E-state index contributed by atoms with van der Waals surface area (Å²) in [6, 6.07) is 7.08. The monoisotopic (exact) mass is 668 g/mol. The molecule has 0 saturated carbocycles. The number of nitrogen functional groups attached to an aromatic ring is 2. The number of carbonyl (C=O) groups excluding carboxylic acids is 2. The zero-order valence-corrected chi connectivity index (χ0v) is 22.3. The minimum atomic E-state index is -0.404. The van der Waals surface area contributed by atoms with E-state index in [0.717, 1.165) is 20.1 Å². The third-order valence-corrected chi connectivity index (χ3v) is 4.63. The summed E-state index contributed by atoms with van der Waals surface area (Å²) >= 11 is 8.53. The van der Waals surface area contributed by atoms with Crippen LogP contribution in [-0.2, 0) is 19.1 Å². The molecule has 0 radical (unpaired) electrons. The second-order valence-corrected chi connectivity index (χ2v) is 7.81. The smallest absolute Gasteiger partial charge is 0.330 e. The minimum absolute atomic E-state index is 0.352. The fraction of sp³-hybridized carbons (Fsp3) is 0.200. The average Bonchev–Trinajstić information content (AvgIpc) is 2.73. The van der Waals surface area contributed by atoms with Crippen LogP contribution in [0.4, 0.5) is 11.4 Å². The van der Waals surface area contributed by atoms with E-state index in [2.05, 4.69) is 75.7 Å². The third kappa shape index (κ3) is 13.8. The van der Waals surface area contributed by atoms with Crippen LogP contribution in [0.25, 0.3) is 6.08 Å². The molecule has 0 saturated heterocycles. The van der Waals surface area contributed by atoms with Crippen molar-refractivity contribution in [2.24, 2.45) is 0 Å². The molecule has 2 heterocycles. The Morgan fingerprint density at radius 1 is 1.00 bits per heavy atom. The van der Waals surface area contributed by atoms with Gasteiger partial charge in [0.2, 0.25) is 0 Å². The van der Waals surface area contributed by atoms with E-state index in [0.29, 0.717) is 29.2 Å². The molecular formula is C20H23Br2IN4O4. The van der Waals surface area contributed by atoms with E-state index in [-0.39, 0.29) is 5.97 Å². The Morgan fingerprint density at radius 2 is 1.52 bits per heavy atom. The molecule has 0 fully saturated rings. The molecule has 0 amide bonds. The van der Waals surface area contributed by atoms with Crippen molar-refractivity contribution in [2.45, 2.75) is 13.8 Å². The summed E-state index contributed by atoms with van der Waals surface area (Å²) in [5, 5.41) is 0. The number of halogens is 3. The number of nitrogens with two attached hydrogens (primary N) is 2. The summed E-state index contributed by atoms with van der Waals surface area (Å²) in [4.78, 5) is 29.2. The molecule has 2 aromatic rings. The van der Waals surface area contributed by atoms with Crippen LogP contribution in [0.5, 0.6) is 0 Å². The molecule has 31 heavy (non-hydrogen) atoms. The molecule has 0 unspecified atom stereocenters. The van der Waals surface area contributed by atoms with Gasteiger partial charge in [0.1, 0.15) is 12.9 Å². The van der Waals surface area contributed by atoms with Gasteiger partial charge in [-0.1, -0.05) is 6.58 Å². The molecule has 2 rings (SSSR count). The number of rotatable bonds is 5. The van der Waals surface area contributed by atoms with Crippen LogP contribution in [-0.4, -0.2) is 35.1 Å². The van der Waals surface area contributed by atoms with Crippen molar-refractivity contribution >= 4 is 83.8 Å². The SMILES string of the molecule is C=CC(=O)OCC.CCOC(=O)/C=C/c1nc(Br)ccc1N.Nc1ccc(Br)nc1I. The summed E-state index contributed by atoms with van der Waals surface area (Å²) in [6.45, 7) is 7.48. The van der Waals surface area contributed by atoms with Crippen LogP contribution in [0.3, 0.4) is 0 Å². The molecule has 8 nitrogen and oxygen atoms in total. The molecule has 4 N–H and O–H groups in total. The van der Waals surface area contributed by atoms with Crippen LogP contribution in [0.1, 0.15) is 19.5 Å². The molecule has 0 atom stereocenters. The van der Waals surface area contributed by atoms with Crippen molar-refractivity contribution in [3.63, 3.8) is 0 Å². The van der Waals surface area contributed by atoms with E-state index >= 15 is 0 Å². The van der Waals surface area contributed by atoms with Gasteiger partial charge < -0.3 is 20.9 Å². The zero-order chi connectivity index (χ0) is 23.8. The molecule has 0 bridgehead atoms. The predicted octanol–water partition coefficient (Wildman–Crippen LogP) is 4.77. The van der Waals surface area contributed by atoms with Crippen molar-refractivity contribution in [3.8, 4) is 0 Å². The summed E-state index contributed by atoms with van der Waals surface area (Å²) < 4.78 is 11.5. The Balaban J connectivity index is 0.000000479. The molecule has 168 valence electrons. The number of aromatic nitrogens is 2. The summed E-state index contributed by atoms with van der Waals surface area (Å²) in [5.74, 6) is -0.763. The Kier molecular flexibility index (Phi) is 15.6. The zero-order valence-electron chi connectivity index (χ0n) is 17.0. The van der Waals surface area contributed by atoms with Crippen LogP contribution in [0.2, 0.25) is 0 Å². The van der Waals surface area contributed by atoms with E-state index in [1.54, 1.807) is 26.0 Å². The highest BCUT2D eigenvalue weighted by atomic mass is 127. The van der Waals surface area contributed by atoms with Gasteiger partial charge in [-0.15, -0.1) is 0 Å². The van der Waals surface area contributed by atoms with Gasteiger partial charge in [-0.2, -0.15) is 0 Å². The Labute approximate surface area is 211 Å². The number of hydrogen-bond acceptors (Lipinski definition) is 8. The summed E-state index contributed by atoms with van der Waals surface area (Å²) in [7, 11) is 0. The number of anilines is 2. The highest BCUT2D eigenvalue weighted by Gasteiger charge is 2.00. The fourth-order valence-electron chi connectivity index (χ4n) is 1.56. The van der Waals surface area contributed by atoms with Crippen molar-refractivity contribution in [1.29, 1.82) is 0 Å². The van der Waals surface area contributed by atoms with E-state index in [4.69, 9.17) is 16.2 Å². The first-order chi connectivity index (χ1) is 14.6. The number of ether oxygens (including phenoxy) is 2. The van der Waals surface area contributed by atoms with Gasteiger partial charge in [-0.25, -0.2) is 19.6 Å². The second kappa shape index (κ2) is 16.7. The molecule has 11 heteroatoms. The third-order valence-electron chi connectivity index (χ3n) is 2.88. The van der Waals surface area contributed by atoms with Crippen molar-refractivity contribution in [2.75, 3.05) is 24.7 Å². The van der Waals surface area contributed by atoms with Crippen molar-refractivity contribution < 1.29 is 19.1 Å². The maximum absolute atomic E-state index is 11.0. The van der Waals surface area contributed by atoms with E-state index in [1.165, 1.54) is 12.2 Å². The highest BCUT2D eigenvalue weighted by Crippen LogP contribution is 2.15. The lowest BCUT2D eigenvalue weighted by molar-refractivity contribution is -0.138. The largest absolute Gasteiger partial charge is 0.463 e. The van der Waals surface area contributed by atoms with Gasteiger partial charge >= 0.3 is 11.9 Å². The number of hydrogen-bond donors (Lipinski definition) is 2. The predicted molar refractivity (Wildman–Crippen MR) is 138 cm³/mol. The molecule has 0 aliphatic carbocycles. The molecule has 0 aromatic carbocycles. The lowest BCUT2D eigenvalue weighted by Crippen LogP contribution is -1.99. The average molecular weight is 670 g/mol. The lowest BCUT2D eigenvalue weighted by Gasteiger charge is -1.99. The maximum Gasteiger partial charge on any atom is 0.330 e. The molecule has 2 aromatic heterocycles. The van der Waals surface area contributed by atoms with E-state index in [1.807, 2.05) is 12.1 Å². The first-order valence-corrected chi connectivity index (χ1v) is 11.4. The van der Waals surface area contributed by atoms with Crippen LogP contribution in [0.15, 0.2) is 52.2 Å². The van der Waals surface area contributed by atoms with Crippen LogP contribution < -0.4 is 11.5 Å². The number of carbonyl (C=O) groups is 2. The first kappa shape index (κ1) is 29.0. The Morgan fingerprint density at radius 3 is 1.97 bits per heavy atom. The number of nitrogens with zero attached hydrogens (tertiary/aromatic N) is 2. The van der Waals surface area contributed by atoms with E-state index < -0.39 is 5.97 Å². The Bertz CT molecular complexity index is 911. The molecule has 0 spiro atoms. The van der Waals surface area contributed by atoms with Gasteiger partial charge in [0.15, 0.2) is 0 Å². The quantitative estimate of drug-likeness (QED) is 0.202. The van der Waals surface area contributed by atoms with E-state index in [9.17, 15) is 9.59 Å². The normalized spacial score (nSPS) is 9.58. The number of esters is 2. The first-order valence-electron chi connectivity index (χ1n) is 8.78. The van der Waals surface area contributed by atoms with Crippen molar-refractivity contribution in [1.82, 2.24) is 9.97 Å². The van der Waals surface area contributed by atoms with Crippen LogP contribution >= 0.6 is 54.5 Å². The van der Waals surface area contributed by atoms with Crippen LogP contribution in [0, 0.1) is 3.70 Å². The van der Waals surface area contributed by atoms with Gasteiger partial charge in [-0.05, 0) is 98.6 Å². The van der Waals surface area contributed by atoms with Crippen molar-refractivity contribution in [3.05, 3.63) is 61.6 Å². The van der Waals surface area contributed by atoms with Gasteiger partial charge in [0, 0.05) is 12.2 Å². The highest BCUT2D eigenvalue weighted by molar-refractivity contribution is 14.1. The van der Waals surface area contributed by atoms with Gasteiger partial charge in [-0.3, -0.25) is 0 Å². The molecule has 0 aliphatic heterocycles. The second-order valence-electron chi connectivity index (χ2n) is 5.16. The standard InChI is InChI=1S/C10H11BrN2O2.C5H4BrIN2.C5H8O2/c1-2-15-10(14)6-4-8-7(12)3-5-9(11)13-8;6-4-2-1-3(8)5(7)9-4;1-3-5(6)7-4-2/h3-6H,2,12H2,1H3;1-2H,8H2;3H,1,4H2,2H3/b6-4+;;. The van der Waals surface area contributed by atoms with Gasteiger partial charge in [0.05, 0.1) is 30.3 Å². The number of pyridine rings is 2. The minimum Gasteiger partial charge on any atom is -0.463 e. The molecule has 0 aliphatic rings. The summed E-state index contributed by atoms with van der Waals surface area (Å²) in [6.07, 6.45) is 3.97. The summed E-state index contributed by atoms with van der Waals surface area (Å²) in [5.41, 5.74) is 12.9. The topological polar surface area (TPSA) is 130 Å². The van der Waals surface area contributed by atoms with Gasteiger partial charge in [0.25, 0.3) is 0 Å². The maximum atomic E-state index is 11.0.